The number of anilines is 1. The van der Waals surface area contributed by atoms with Crippen LogP contribution < -0.4 is 5.32 Å². The summed E-state index contributed by atoms with van der Waals surface area (Å²) in [7, 11) is 0. The SMILES string of the molecule is Cc1cc(NC(=O)c2ncccc2Br)cnc1Cl. The molecule has 0 aromatic carbocycles. The topological polar surface area (TPSA) is 54.9 Å². The number of aryl methyl sites for hydroxylation is 1. The maximum Gasteiger partial charge on any atom is 0.275 e. The number of amides is 1. The average Bonchev–Trinajstić information content (AvgIpc) is 2.34. The first-order valence-electron chi connectivity index (χ1n) is 5.12. The lowest BCUT2D eigenvalue weighted by molar-refractivity contribution is 0.102. The van der Waals surface area contributed by atoms with Crippen LogP contribution in [-0.4, -0.2) is 15.9 Å². The van der Waals surface area contributed by atoms with Crippen molar-refractivity contribution in [2.75, 3.05) is 5.32 Å². The van der Waals surface area contributed by atoms with Gasteiger partial charge in [0, 0.05) is 10.7 Å². The Morgan fingerprint density at radius 2 is 2.22 bits per heavy atom. The van der Waals surface area contributed by atoms with Gasteiger partial charge in [0.25, 0.3) is 5.91 Å². The molecule has 0 atom stereocenters. The number of hydrogen-bond donors (Lipinski definition) is 1. The molecule has 2 aromatic rings. The summed E-state index contributed by atoms with van der Waals surface area (Å²) in [5, 5.41) is 3.14. The van der Waals surface area contributed by atoms with Gasteiger partial charge in [-0.05, 0) is 46.6 Å². The second-order valence-electron chi connectivity index (χ2n) is 3.62. The van der Waals surface area contributed by atoms with Crippen molar-refractivity contribution < 1.29 is 4.79 Å². The van der Waals surface area contributed by atoms with E-state index in [1.54, 1.807) is 24.4 Å². The van der Waals surface area contributed by atoms with Crippen molar-refractivity contribution in [1.82, 2.24) is 9.97 Å². The minimum absolute atomic E-state index is 0.300. The minimum Gasteiger partial charge on any atom is -0.319 e. The summed E-state index contributed by atoms with van der Waals surface area (Å²) in [6.45, 7) is 1.82. The molecule has 0 radical (unpaired) electrons. The Balaban J connectivity index is 2.22. The number of hydrogen-bond acceptors (Lipinski definition) is 3. The van der Waals surface area contributed by atoms with Crippen LogP contribution in [0.4, 0.5) is 5.69 Å². The molecular weight excluding hydrogens is 318 g/mol. The van der Waals surface area contributed by atoms with E-state index in [2.05, 4.69) is 31.2 Å². The molecule has 18 heavy (non-hydrogen) atoms. The number of pyridine rings is 2. The molecule has 0 unspecified atom stereocenters. The quantitative estimate of drug-likeness (QED) is 0.860. The fourth-order valence-corrected chi connectivity index (χ4v) is 1.91. The van der Waals surface area contributed by atoms with Gasteiger partial charge in [-0.2, -0.15) is 0 Å². The lowest BCUT2D eigenvalue weighted by Gasteiger charge is -2.06. The Morgan fingerprint density at radius 1 is 1.44 bits per heavy atom. The number of halogens is 2. The van der Waals surface area contributed by atoms with Gasteiger partial charge in [0.15, 0.2) is 0 Å². The number of carbonyl (C=O) groups excluding carboxylic acids is 1. The summed E-state index contributed by atoms with van der Waals surface area (Å²) < 4.78 is 0.640. The average molecular weight is 327 g/mol. The number of nitrogens with one attached hydrogen (secondary N) is 1. The molecule has 2 rings (SSSR count). The summed E-state index contributed by atoms with van der Waals surface area (Å²) in [6, 6.07) is 5.26. The fraction of sp³-hybridized carbons (Fsp3) is 0.0833. The lowest BCUT2D eigenvalue weighted by Crippen LogP contribution is -2.14. The van der Waals surface area contributed by atoms with Gasteiger partial charge in [0.05, 0.1) is 11.9 Å². The Hall–Kier alpha value is -1.46. The molecule has 92 valence electrons. The normalized spacial score (nSPS) is 10.2. The third-order valence-corrected chi connectivity index (χ3v) is 3.28. The van der Waals surface area contributed by atoms with E-state index in [1.165, 1.54) is 6.20 Å². The molecule has 2 heterocycles. The van der Waals surface area contributed by atoms with Crippen LogP contribution >= 0.6 is 27.5 Å². The Kier molecular flexibility index (Phi) is 3.93. The van der Waals surface area contributed by atoms with E-state index in [0.717, 1.165) is 5.56 Å². The molecule has 0 spiro atoms. The molecule has 0 aliphatic heterocycles. The van der Waals surface area contributed by atoms with Gasteiger partial charge in [-0.3, -0.25) is 4.79 Å². The van der Waals surface area contributed by atoms with Crippen molar-refractivity contribution in [1.29, 1.82) is 0 Å². The molecule has 0 bridgehead atoms. The van der Waals surface area contributed by atoms with Crippen LogP contribution in [0.3, 0.4) is 0 Å². The van der Waals surface area contributed by atoms with Crippen LogP contribution in [0.25, 0.3) is 0 Å². The van der Waals surface area contributed by atoms with Crippen molar-refractivity contribution in [3.63, 3.8) is 0 Å². The molecular formula is C12H9BrClN3O. The van der Waals surface area contributed by atoms with Crippen LogP contribution in [0.15, 0.2) is 35.1 Å². The number of carbonyl (C=O) groups is 1. The van der Waals surface area contributed by atoms with Crippen LogP contribution in [0.1, 0.15) is 16.1 Å². The van der Waals surface area contributed by atoms with E-state index in [-0.39, 0.29) is 5.91 Å². The number of rotatable bonds is 2. The van der Waals surface area contributed by atoms with Gasteiger partial charge in [-0.25, -0.2) is 9.97 Å². The first-order valence-corrected chi connectivity index (χ1v) is 6.29. The number of nitrogens with zero attached hydrogens (tertiary/aromatic N) is 2. The predicted octanol–water partition coefficient (Wildman–Crippen LogP) is 3.45. The van der Waals surface area contributed by atoms with Crippen molar-refractivity contribution in [2.24, 2.45) is 0 Å². The van der Waals surface area contributed by atoms with Crippen molar-refractivity contribution >= 4 is 39.1 Å². The van der Waals surface area contributed by atoms with Gasteiger partial charge < -0.3 is 5.32 Å². The molecule has 0 saturated carbocycles. The summed E-state index contributed by atoms with van der Waals surface area (Å²) in [4.78, 5) is 19.9. The standard InChI is InChI=1S/C12H9BrClN3O/c1-7-5-8(6-16-11(7)14)17-12(18)10-9(13)3-2-4-15-10/h2-6H,1H3,(H,17,18). The first kappa shape index (κ1) is 13.0. The Morgan fingerprint density at radius 3 is 2.89 bits per heavy atom. The second kappa shape index (κ2) is 5.46. The molecule has 0 fully saturated rings. The molecule has 6 heteroatoms. The van der Waals surface area contributed by atoms with Gasteiger partial charge in [-0.1, -0.05) is 11.6 Å². The van der Waals surface area contributed by atoms with E-state index in [4.69, 9.17) is 11.6 Å². The monoisotopic (exact) mass is 325 g/mol. The first-order chi connectivity index (χ1) is 8.58. The minimum atomic E-state index is -0.300. The van der Waals surface area contributed by atoms with E-state index in [0.29, 0.717) is 21.0 Å². The third-order valence-electron chi connectivity index (χ3n) is 2.25. The number of aromatic nitrogens is 2. The highest BCUT2D eigenvalue weighted by Gasteiger charge is 2.11. The van der Waals surface area contributed by atoms with E-state index in [1.807, 2.05) is 6.92 Å². The van der Waals surface area contributed by atoms with Gasteiger partial charge in [-0.15, -0.1) is 0 Å². The van der Waals surface area contributed by atoms with Crippen LogP contribution in [-0.2, 0) is 0 Å². The van der Waals surface area contributed by atoms with Gasteiger partial charge >= 0.3 is 0 Å². The maximum absolute atomic E-state index is 12.0. The summed E-state index contributed by atoms with van der Waals surface area (Å²) in [5.74, 6) is -0.300. The Bertz CT molecular complexity index is 604. The summed E-state index contributed by atoms with van der Waals surface area (Å²) >= 11 is 9.09. The van der Waals surface area contributed by atoms with Gasteiger partial charge in [0.2, 0.25) is 0 Å². The third kappa shape index (κ3) is 2.86. The molecule has 1 N–H and O–H groups in total. The van der Waals surface area contributed by atoms with Crippen molar-refractivity contribution in [3.05, 3.63) is 51.5 Å². The zero-order valence-electron chi connectivity index (χ0n) is 9.45. The smallest absolute Gasteiger partial charge is 0.275 e. The molecule has 0 saturated heterocycles. The summed E-state index contributed by atoms with van der Waals surface area (Å²) in [5.41, 5.74) is 1.71. The highest BCUT2D eigenvalue weighted by atomic mass is 79.9. The largest absolute Gasteiger partial charge is 0.319 e. The van der Waals surface area contributed by atoms with E-state index < -0.39 is 0 Å². The fourth-order valence-electron chi connectivity index (χ4n) is 1.37. The highest BCUT2D eigenvalue weighted by Crippen LogP contribution is 2.18. The van der Waals surface area contributed by atoms with E-state index in [9.17, 15) is 4.79 Å². The molecule has 4 nitrogen and oxygen atoms in total. The summed E-state index contributed by atoms with van der Waals surface area (Å²) in [6.07, 6.45) is 3.06. The van der Waals surface area contributed by atoms with Crippen molar-refractivity contribution in [3.8, 4) is 0 Å². The molecule has 0 aliphatic carbocycles. The van der Waals surface area contributed by atoms with Crippen LogP contribution in [0, 0.1) is 6.92 Å². The zero-order valence-corrected chi connectivity index (χ0v) is 11.8. The van der Waals surface area contributed by atoms with E-state index >= 15 is 0 Å². The maximum atomic E-state index is 12.0. The molecule has 0 aliphatic rings. The molecule has 2 aromatic heterocycles. The zero-order chi connectivity index (χ0) is 13.1. The van der Waals surface area contributed by atoms with Crippen molar-refractivity contribution in [2.45, 2.75) is 6.92 Å². The molecule has 1 amide bonds. The predicted molar refractivity (Wildman–Crippen MR) is 73.9 cm³/mol. The Labute approximate surface area is 118 Å². The van der Waals surface area contributed by atoms with Crippen LogP contribution in [0.2, 0.25) is 5.15 Å². The lowest BCUT2D eigenvalue weighted by atomic mass is 10.3. The van der Waals surface area contributed by atoms with Gasteiger partial charge in [0.1, 0.15) is 10.8 Å². The highest BCUT2D eigenvalue weighted by molar-refractivity contribution is 9.10. The van der Waals surface area contributed by atoms with Crippen LogP contribution in [0.5, 0.6) is 0 Å². The second-order valence-corrected chi connectivity index (χ2v) is 4.83.